The van der Waals surface area contributed by atoms with Crippen LogP contribution in [0, 0.1) is 6.92 Å². The third-order valence-corrected chi connectivity index (χ3v) is 1.35. The second-order valence-corrected chi connectivity index (χ2v) is 2.03. The second kappa shape index (κ2) is 4.46. The van der Waals surface area contributed by atoms with Gasteiger partial charge in [0, 0.05) is 13.5 Å². The maximum absolute atomic E-state index is 5.35. The van der Waals surface area contributed by atoms with Gasteiger partial charge in [0.05, 0.1) is 0 Å². The molecule has 0 saturated carbocycles. The number of hydrogen-bond donors (Lipinski definition) is 2. The van der Waals surface area contributed by atoms with Crippen LogP contribution < -0.4 is 27.3 Å². The van der Waals surface area contributed by atoms with Crippen LogP contribution in [0.1, 0.15) is 5.82 Å². The molecule has 10 heavy (non-hydrogen) atoms. The van der Waals surface area contributed by atoms with Gasteiger partial charge >= 0.3 is 0 Å². The van der Waals surface area contributed by atoms with Crippen molar-refractivity contribution in [1.29, 1.82) is 0 Å². The molecule has 1 rings (SSSR count). The summed E-state index contributed by atoms with van der Waals surface area (Å²) < 4.78 is 2.08. The minimum atomic E-state index is 0. The molecule has 3 N–H and O–H groups in total. The van der Waals surface area contributed by atoms with E-state index >= 15 is 0 Å². The van der Waals surface area contributed by atoms with Gasteiger partial charge in [-0.25, -0.2) is 9.55 Å². The Morgan fingerprint density at radius 1 is 1.70 bits per heavy atom. The number of H-pyrrole nitrogens is 1. The van der Waals surface area contributed by atoms with Gasteiger partial charge < -0.3 is 22.7 Å². The molecule has 0 spiro atoms. The van der Waals surface area contributed by atoms with Gasteiger partial charge in [0.1, 0.15) is 18.9 Å². The van der Waals surface area contributed by atoms with Crippen molar-refractivity contribution in [3.63, 3.8) is 0 Å². The highest BCUT2D eigenvalue weighted by molar-refractivity contribution is 4.70. The molecule has 1 aromatic heterocycles. The van der Waals surface area contributed by atoms with E-state index in [1.807, 2.05) is 19.3 Å². The molecule has 0 saturated heterocycles. The number of rotatable bonds is 2. The lowest BCUT2D eigenvalue weighted by molar-refractivity contribution is -0.699. The SMILES string of the molecule is Cc1[nH]cc[n+]1CCN.[Br-]. The Bertz CT molecular complexity index is 185. The molecule has 0 unspecified atom stereocenters. The number of halogens is 1. The molecular formula is C6H12BrN3. The van der Waals surface area contributed by atoms with Crippen molar-refractivity contribution >= 4 is 0 Å². The van der Waals surface area contributed by atoms with E-state index in [0.29, 0.717) is 6.54 Å². The molecule has 0 aromatic carbocycles. The lowest BCUT2D eigenvalue weighted by atomic mass is 10.6. The van der Waals surface area contributed by atoms with Crippen LogP contribution >= 0.6 is 0 Å². The van der Waals surface area contributed by atoms with Crippen LogP contribution in [-0.2, 0) is 6.54 Å². The van der Waals surface area contributed by atoms with Crippen molar-refractivity contribution in [2.24, 2.45) is 5.73 Å². The maximum atomic E-state index is 5.35. The third kappa shape index (κ3) is 2.11. The van der Waals surface area contributed by atoms with Crippen LogP contribution in [0.25, 0.3) is 0 Å². The molecule has 0 fully saturated rings. The van der Waals surface area contributed by atoms with Crippen molar-refractivity contribution < 1.29 is 21.5 Å². The first kappa shape index (κ1) is 9.65. The zero-order chi connectivity index (χ0) is 6.69. The lowest BCUT2D eigenvalue weighted by Crippen LogP contribution is -3.00. The van der Waals surface area contributed by atoms with E-state index in [-0.39, 0.29) is 17.0 Å². The average Bonchev–Trinajstić information content (AvgIpc) is 2.18. The smallest absolute Gasteiger partial charge is 0.251 e. The number of nitrogens with zero attached hydrogens (tertiary/aromatic N) is 1. The fourth-order valence-electron chi connectivity index (χ4n) is 0.824. The summed E-state index contributed by atoms with van der Waals surface area (Å²) in [7, 11) is 0. The Hall–Kier alpha value is -0.350. The summed E-state index contributed by atoms with van der Waals surface area (Å²) in [5.41, 5.74) is 5.35. The van der Waals surface area contributed by atoms with E-state index in [1.54, 1.807) is 0 Å². The molecule has 1 aromatic rings. The van der Waals surface area contributed by atoms with Crippen LogP contribution in [0.4, 0.5) is 0 Å². The zero-order valence-corrected chi connectivity index (χ0v) is 7.56. The number of nitrogens with one attached hydrogen (secondary N) is 1. The van der Waals surface area contributed by atoms with Gasteiger partial charge in [-0.1, -0.05) is 0 Å². The van der Waals surface area contributed by atoms with E-state index in [0.717, 1.165) is 12.4 Å². The molecule has 0 aliphatic heterocycles. The molecular weight excluding hydrogens is 194 g/mol. The fourth-order valence-corrected chi connectivity index (χ4v) is 0.824. The van der Waals surface area contributed by atoms with Gasteiger partial charge in [-0.2, -0.15) is 0 Å². The van der Waals surface area contributed by atoms with Gasteiger partial charge in [-0.05, 0) is 0 Å². The van der Waals surface area contributed by atoms with Crippen LogP contribution in [0.15, 0.2) is 12.4 Å². The van der Waals surface area contributed by atoms with E-state index in [2.05, 4.69) is 9.55 Å². The van der Waals surface area contributed by atoms with Gasteiger partial charge in [-0.3, -0.25) is 0 Å². The molecule has 58 valence electrons. The van der Waals surface area contributed by atoms with E-state index in [1.165, 1.54) is 0 Å². The Labute approximate surface area is 71.0 Å². The number of imidazole rings is 1. The summed E-state index contributed by atoms with van der Waals surface area (Å²) >= 11 is 0. The zero-order valence-electron chi connectivity index (χ0n) is 5.97. The molecule has 0 aliphatic carbocycles. The second-order valence-electron chi connectivity index (χ2n) is 2.03. The van der Waals surface area contributed by atoms with Crippen LogP contribution in [0.3, 0.4) is 0 Å². The Morgan fingerprint density at radius 3 is 2.80 bits per heavy atom. The first-order chi connectivity index (χ1) is 4.34. The summed E-state index contributed by atoms with van der Waals surface area (Å²) in [4.78, 5) is 3.06. The summed E-state index contributed by atoms with van der Waals surface area (Å²) in [6.07, 6.45) is 3.90. The van der Waals surface area contributed by atoms with Crippen LogP contribution in [0.2, 0.25) is 0 Å². The number of aromatic nitrogens is 2. The van der Waals surface area contributed by atoms with Gasteiger partial charge in [0.15, 0.2) is 0 Å². The molecule has 1 heterocycles. The van der Waals surface area contributed by atoms with Crippen molar-refractivity contribution in [2.45, 2.75) is 13.5 Å². The summed E-state index contributed by atoms with van der Waals surface area (Å²) in [6.45, 7) is 3.62. The van der Waals surface area contributed by atoms with Gasteiger partial charge in [-0.15, -0.1) is 0 Å². The van der Waals surface area contributed by atoms with E-state index < -0.39 is 0 Å². The summed E-state index contributed by atoms with van der Waals surface area (Å²) in [5, 5.41) is 0. The molecule has 0 bridgehead atoms. The highest BCUT2D eigenvalue weighted by Gasteiger charge is 2.00. The quantitative estimate of drug-likeness (QED) is 0.486. The normalized spacial score (nSPS) is 9.00. The molecule has 4 heteroatoms. The molecule has 0 atom stereocenters. The number of hydrogen-bond acceptors (Lipinski definition) is 1. The predicted molar refractivity (Wildman–Crippen MR) is 34.8 cm³/mol. The third-order valence-electron chi connectivity index (χ3n) is 1.35. The highest BCUT2D eigenvalue weighted by atomic mass is 79.9. The Balaban J connectivity index is 0.000000810. The van der Waals surface area contributed by atoms with Crippen LogP contribution in [-0.4, -0.2) is 11.5 Å². The Morgan fingerprint density at radius 2 is 2.40 bits per heavy atom. The predicted octanol–water partition coefficient (Wildman–Crippen LogP) is -3.43. The molecule has 3 nitrogen and oxygen atoms in total. The topological polar surface area (TPSA) is 45.7 Å². The minimum absolute atomic E-state index is 0. The monoisotopic (exact) mass is 205 g/mol. The molecule has 0 aliphatic rings. The van der Waals surface area contributed by atoms with Crippen molar-refractivity contribution in [1.82, 2.24) is 4.98 Å². The number of aromatic amines is 1. The average molecular weight is 206 g/mol. The maximum Gasteiger partial charge on any atom is 0.251 e. The molecule has 0 radical (unpaired) electrons. The van der Waals surface area contributed by atoms with Gasteiger partial charge in [0.25, 0.3) is 5.82 Å². The lowest BCUT2D eigenvalue weighted by Gasteiger charge is -1.91. The number of nitrogens with two attached hydrogens (primary N) is 1. The summed E-state index contributed by atoms with van der Waals surface area (Å²) in [5.74, 6) is 1.15. The van der Waals surface area contributed by atoms with E-state index in [4.69, 9.17) is 5.73 Å². The van der Waals surface area contributed by atoms with Crippen molar-refractivity contribution in [3.05, 3.63) is 18.2 Å². The van der Waals surface area contributed by atoms with Crippen LogP contribution in [0.5, 0.6) is 0 Å². The highest BCUT2D eigenvalue weighted by Crippen LogP contribution is 1.79. The summed E-state index contributed by atoms with van der Waals surface area (Å²) in [6, 6.07) is 0. The van der Waals surface area contributed by atoms with Crippen molar-refractivity contribution in [3.8, 4) is 0 Å². The first-order valence-electron chi connectivity index (χ1n) is 3.08. The Kier molecular flexibility index (Phi) is 4.31. The molecule has 0 amide bonds. The largest absolute Gasteiger partial charge is 1.00 e. The standard InChI is InChI=1S/C6H11N3.BrH/c1-6-8-3-5-9(6)4-2-7;/h3,5H,2,4,7H2,1H3;1H. The first-order valence-corrected chi connectivity index (χ1v) is 3.08. The van der Waals surface area contributed by atoms with Gasteiger partial charge in [0.2, 0.25) is 0 Å². The van der Waals surface area contributed by atoms with E-state index in [9.17, 15) is 0 Å². The fraction of sp³-hybridized carbons (Fsp3) is 0.500. The minimum Gasteiger partial charge on any atom is -1.00 e. The van der Waals surface area contributed by atoms with Crippen molar-refractivity contribution in [2.75, 3.05) is 6.54 Å². The number of aryl methyl sites for hydroxylation is 1.